The van der Waals surface area contributed by atoms with Crippen molar-refractivity contribution in [1.82, 2.24) is 9.80 Å². The molecular weight excluding hydrogens is 272 g/mol. The lowest BCUT2D eigenvalue weighted by molar-refractivity contribution is 0.112. The molecule has 0 aromatic heterocycles. The molecule has 1 fully saturated rings. The van der Waals surface area contributed by atoms with Gasteiger partial charge in [0.05, 0.1) is 6.10 Å². The summed E-state index contributed by atoms with van der Waals surface area (Å²) >= 11 is 0. The maximum Gasteiger partial charge on any atom is 0.0834 e. The highest BCUT2D eigenvalue weighted by Crippen LogP contribution is 2.21. The minimum Gasteiger partial charge on any atom is -0.390 e. The van der Waals surface area contributed by atoms with Crippen molar-refractivity contribution in [1.29, 1.82) is 0 Å². The Labute approximate surface area is 132 Å². The lowest BCUT2D eigenvalue weighted by Crippen LogP contribution is -2.37. The highest BCUT2D eigenvalue weighted by atomic mass is 16.3. The standard InChI is InChI=1S/C19H24N2O/c1-20(2)18-13-21(14-19(18)22)12-15-8-10-17(11-9-15)16-6-4-3-5-7-16/h3-11,18-19,22H,12-14H2,1-2H3/t18-,19-/m0/s1. The molecule has 1 N–H and O–H groups in total. The Bertz CT molecular complexity index is 595. The molecule has 0 saturated carbocycles. The van der Waals surface area contributed by atoms with Gasteiger partial charge in [-0.25, -0.2) is 0 Å². The average Bonchev–Trinajstić information content (AvgIpc) is 2.90. The van der Waals surface area contributed by atoms with E-state index in [2.05, 4.69) is 58.3 Å². The predicted octanol–water partition coefficient (Wildman–Crippen LogP) is 2.46. The molecular formula is C19H24N2O. The first-order valence-corrected chi connectivity index (χ1v) is 7.84. The third kappa shape index (κ3) is 3.38. The Kier molecular flexibility index (Phi) is 4.57. The third-order valence-corrected chi connectivity index (χ3v) is 4.47. The minimum absolute atomic E-state index is 0.239. The maximum absolute atomic E-state index is 10.1. The van der Waals surface area contributed by atoms with Crippen molar-refractivity contribution < 1.29 is 5.11 Å². The summed E-state index contributed by atoms with van der Waals surface area (Å²) in [5.74, 6) is 0. The van der Waals surface area contributed by atoms with Gasteiger partial charge in [0, 0.05) is 25.7 Å². The first kappa shape index (κ1) is 15.2. The van der Waals surface area contributed by atoms with E-state index in [0.29, 0.717) is 0 Å². The molecule has 2 atom stereocenters. The topological polar surface area (TPSA) is 26.7 Å². The van der Waals surface area contributed by atoms with E-state index in [4.69, 9.17) is 0 Å². The molecule has 3 heteroatoms. The van der Waals surface area contributed by atoms with Gasteiger partial charge in [0.1, 0.15) is 0 Å². The van der Waals surface area contributed by atoms with Crippen LogP contribution in [0.15, 0.2) is 54.6 Å². The number of β-amino-alcohol motifs (C(OH)–C–C–N with tert-alkyl or cyclic N) is 1. The van der Waals surface area contributed by atoms with E-state index in [0.717, 1.165) is 19.6 Å². The summed E-state index contributed by atoms with van der Waals surface area (Å²) < 4.78 is 0. The summed E-state index contributed by atoms with van der Waals surface area (Å²) in [6, 6.07) is 19.4. The normalized spacial score (nSPS) is 22.4. The van der Waals surface area contributed by atoms with Gasteiger partial charge in [-0.1, -0.05) is 54.6 Å². The zero-order chi connectivity index (χ0) is 15.5. The van der Waals surface area contributed by atoms with Crippen molar-refractivity contribution in [3.8, 4) is 11.1 Å². The van der Waals surface area contributed by atoms with Crippen LogP contribution in [0.5, 0.6) is 0 Å². The van der Waals surface area contributed by atoms with E-state index >= 15 is 0 Å². The van der Waals surface area contributed by atoms with Crippen molar-refractivity contribution in [2.75, 3.05) is 27.2 Å². The van der Waals surface area contributed by atoms with Gasteiger partial charge < -0.3 is 10.0 Å². The monoisotopic (exact) mass is 296 g/mol. The van der Waals surface area contributed by atoms with Crippen LogP contribution in [0, 0.1) is 0 Å². The number of hydrogen-bond acceptors (Lipinski definition) is 3. The molecule has 0 spiro atoms. The lowest BCUT2D eigenvalue weighted by atomic mass is 10.0. The van der Waals surface area contributed by atoms with Gasteiger partial charge in [0.2, 0.25) is 0 Å². The molecule has 0 radical (unpaired) electrons. The van der Waals surface area contributed by atoms with Crippen molar-refractivity contribution in [3.05, 3.63) is 60.2 Å². The summed E-state index contributed by atoms with van der Waals surface area (Å²) in [4.78, 5) is 4.44. The molecule has 0 amide bonds. The van der Waals surface area contributed by atoms with Gasteiger partial charge >= 0.3 is 0 Å². The van der Waals surface area contributed by atoms with Crippen molar-refractivity contribution in [2.24, 2.45) is 0 Å². The van der Waals surface area contributed by atoms with Crippen LogP contribution in [0.3, 0.4) is 0 Å². The van der Waals surface area contributed by atoms with Gasteiger partial charge in [0.15, 0.2) is 0 Å². The number of likely N-dealkylation sites (tertiary alicyclic amines) is 1. The van der Waals surface area contributed by atoms with Crippen molar-refractivity contribution in [2.45, 2.75) is 18.7 Å². The summed E-state index contributed by atoms with van der Waals surface area (Å²) in [5, 5.41) is 10.1. The van der Waals surface area contributed by atoms with Crippen LogP contribution < -0.4 is 0 Å². The highest BCUT2D eigenvalue weighted by molar-refractivity contribution is 5.63. The smallest absolute Gasteiger partial charge is 0.0834 e. The fraction of sp³-hybridized carbons (Fsp3) is 0.368. The Morgan fingerprint density at radius 3 is 2.18 bits per heavy atom. The molecule has 3 rings (SSSR count). The first-order chi connectivity index (χ1) is 10.6. The number of aliphatic hydroxyl groups is 1. The molecule has 3 nitrogen and oxygen atoms in total. The average molecular weight is 296 g/mol. The largest absolute Gasteiger partial charge is 0.390 e. The quantitative estimate of drug-likeness (QED) is 0.939. The van der Waals surface area contributed by atoms with E-state index in [1.807, 2.05) is 20.2 Å². The number of benzene rings is 2. The van der Waals surface area contributed by atoms with Crippen LogP contribution in [0.25, 0.3) is 11.1 Å². The molecule has 1 aliphatic heterocycles. The summed E-state index contributed by atoms with van der Waals surface area (Å²) in [6.07, 6.45) is -0.251. The second-order valence-corrected chi connectivity index (χ2v) is 6.36. The summed E-state index contributed by atoms with van der Waals surface area (Å²) in [6.45, 7) is 2.58. The first-order valence-electron chi connectivity index (χ1n) is 7.84. The number of likely N-dealkylation sites (N-methyl/N-ethyl adjacent to an activating group) is 1. The number of rotatable bonds is 4. The molecule has 0 unspecified atom stereocenters. The molecule has 0 aliphatic carbocycles. The van der Waals surface area contributed by atoms with Crippen LogP contribution in [-0.2, 0) is 6.54 Å². The lowest BCUT2D eigenvalue weighted by Gasteiger charge is -2.21. The fourth-order valence-corrected chi connectivity index (χ4v) is 3.17. The SMILES string of the molecule is CN(C)[C@H]1CN(Cc2ccc(-c3ccccc3)cc2)C[C@@H]1O. The molecule has 0 bridgehead atoms. The van der Waals surface area contributed by atoms with Gasteiger partial charge in [-0.05, 0) is 30.8 Å². The van der Waals surface area contributed by atoms with Crippen LogP contribution >= 0.6 is 0 Å². The van der Waals surface area contributed by atoms with Gasteiger partial charge in [-0.2, -0.15) is 0 Å². The van der Waals surface area contributed by atoms with Crippen LogP contribution in [0.1, 0.15) is 5.56 Å². The molecule has 1 saturated heterocycles. The van der Waals surface area contributed by atoms with Crippen molar-refractivity contribution in [3.63, 3.8) is 0 Å². The molecule has 22 heavy (non-hydrogen) atoms. The van der Waals surface area contributed by atoms with Gasteiger partial charge in [-0.3, -0.25) is 4.90 Å². The van der Waals surface area contributed by atoms with E-state index in [1.165, 1.54) is 16.7 Å². The van der Waals surface area contributed by atoms with E-state index < -0.39 is 0 Å². The maximum atomic E-state index is 10.1. The van der Waals surface area contributed by atoms with Crippen LogP contribution in [0.4, 0.5) is 0 Å². The number of aliphatic hydroxyl groups excluding tert-OH is 1. The second-order valence-electron chi connectivity index (χ2n) is 6.36. The van der Waals surface area contributed by atoms with E-state index in [1.54, 1.807) is 0 Å². The zero-order valence-corrected chi connectivity index (χ0v) is 13.3. The van der Waals surface area contributed by atoms with Crippen LogP contribution in [-0.4, -0.2) is 54.2 Å². The fourth-order valence-electron chi connectivity index (χ4n) is 3.17. The molecule has 2 aromatic carbocycles. The van der Waals surface area contributed by atoms with Crippen LogP contribution in [0.2, 0.25) is 0 Å². The zero-order valence-electron chi connectivity index (χ0n) is 13.3. The minimum atomic E-state index is -0.251. The summed E-state index contributed by atoms with van der Waals surface area (Å²) in [5.41, 5.74) is 3.79. The van der Waals surface area contributed by atoms with Gasteiger partial charge in [0.25, 0.3) is 0 Å². The number of nitrogens with zero attached hydrogens (tertiary/aromatic N) is 2. The highest BCUT2D eigenvalue weighted by Gasteiger charge is 2.32. The second kappa shape index (κ2) is 6.61. The number of hydrogen-bond donors (Lipinski definition) is 1. The van der Waals surface area contributed by atoms with E-state index in [9.17, 15) is 5.11 Å². The Morgan fingerprint density at radius 1 is 0.955 bits per heavy atom. The molecule has 2 aromatic rings. The van der Waals surface area contributed by atoms with Crippen molar-refractivity contribution >= 4 is 0 Å². The Morgan fingerprint density at radius 2 is 1.59 bits per heavy atom. The van der Waals surface area contributed by atoms with E-state index in [-0.39, 0.29) is 12.1 Å². The molecule has 1 heterocycles. The Balaban J connectivity index is 1.65. The molecule has 1 aliphatic rings. The Hall–Kier alpha value is -1.68. The molecule has 116 valence electrons. The summed E-state index contributed by atoms with van der Waals surface area (Å²) in [7, 11) is 4.07. The predicted molar refractivity (Wildman–Crippen MR) is 90.6 cm³/mol. The van der Waals surface area contributed by atoms with Gasteiger partial charge in [-0.15, -0.1) is 0 Å². The third-order valence-electron chi connectivity index (χ3n) is 4.47.